The second-order valence-corrected chi connectivity index (χ2v) is 6.40. The van der Waals surface area contributed by atoms with Crippen molar-refractivity contribution in [3.05, 3.63) is 64.1 Å². The van der Waals surface area contributed by atoms with Crippen LogP contribution in [-0.2, 0) is 6.42 Å². The van der Waals surface area contributed by atoms with Crippen LogP contribution in [0.5, 0.6) is 5.75 Å². The summed E-state index contributed by atoms with van der Waals surface area (Å²) in [4.78, 5) is 26.6. The molecule has 2 aromatic rings. The molecule has 0 saturated heterocycles. The fourth-order valence-corrected chi connectivity index (χ4v) is 2.59. The molecule has 1 aromatic carbocycles. The summed E-state index contributed by atoms with van der Waals surface area (Å²) in [5, 5.41) is 2.94. The molecule has 1 amide bonds. The number of hydrogen-bond donors (Lipinski definition) is 2. The largest absolute Gasteiger partial charge is 0.493 e. The molecule has 0 bridgehead atoms. The Morgan fingerprint density at radius 3 is 2.67 bits per heavy atom. The number of nitrogens with one attached hydrogen (secondary N) is 2. The molecule has 0 aliphatic heterocycles. The Bertz CT molecular complexity index is 764. The van der Waals surface area contributed by atoms with Crippen molar-refractivity contribution < 1.29 is 9.53 Å². The van der Waals surface area contributed by atoms with Crippen LogP contribution in [-0.4, -0.2) is 24.0 Å². The topological polar surface area (TPSA) is 71.2 Å². The zero-order chi connectivity index (χ0) is 17.0. The molecule has 24 heavy (non-hydrogen) atoms. The molecule has 1 aliphatic rings. The van der Waals surface area contributed by atoms with Crippen molar-refractivity contribution in [1.29, 1.82) is 0 Å². The predicted molar refractivity (Wildman–Crippen MR) is 92.4 cm³/mol. The lowest BCUT2D eigenvalue weighted by Crippen LogP contribution is -2.33. The highest BCUT2D eigenvalue weighted by Gasteiger charge is 2.43. The Morgan fingerprint density at radius 2 is 2.00 bits per heavy atom. The van der Waals surface area contributed by atoms with E-state index in [1.807, 2.05) is 37.3 Å². The molecular formula is C19H22N2O3. The summed E-state index contributed by atoms with van der Waals surface area (Å²) >= 11 is 0. The van der Waals surface area contributed by atoms with Crippen molar-refractivity contribution in [2.75, 3.05) is 13.2 Å². The van der Waals surface area contributed by atoms with Gasteiger partial charge in [-0.25, -0.2) is 0 Å². The van der Waals surface area contributed by atoms with Gasteiger partial charge in [0.25, 0.3) is 5.91 Å². The van der Waals surface area contributed by atoms with Gasteiger partial charge in [0, 0.05) is 29.3 Å². The number of aromatic amines is 1. The van der Waals surface area contributed by atoms with Crippen molar-refractivity contribution in [1.82, 2.24) is 10.3 Å². The van der Waals surface area contributed by atoms with E-state index in [0.29, 0.717) is 25.1 Å². The van der Waals surface area contributed by atoms with Crippen LogP contribution in [0.3, 0.4) is 0 Å². The van der Waals surface area contributed by atoms with E-state index in [9.17, 15) is 9.59 Å². The fraction of sp³-hybridized carbons (Fsp3) is 0.368. The molecule has 0 atom stereocenters. The van der Waals surface area contributed by atoms with Crippen LogP contribution in [0.1, 0.15) is 35.8 Å². The number of amides is 1. The number of hydrogen-bond acceptors (Lipinski definition) is 3. The number of H-pyrrole nitrogens is 1. The minimum atomic E-state index is -0.243. The molecule has 0 spiro atoms. The number of aromatic nitrogens is 1. The third-order valence-electron chi connectivity index (χ3n) is 4.41. The summed E-state index contributed by atoms with van der Waals surface area (Å²) in [6, 6.07) is 12.8. The lowest BCUT2D eigenvalue weighted by Gasteiger charge is -2.17. The second-order valence-electron chi connectivity index (χ2n) is 6.40. The van der Waals surface area contributed by atoms with E-state index < -0.39 is 0 Å². The lowest BCUT2D eigenvalue weighted by atomic mass is 10.1. The number of benzene rings is 1. The summed E-state index contributed by atoms with van der Waals surface area (Å²) in [5.41, 5.74) is 0.949. The number of carbonyl (C=O) groups is 1. The van der Waals surface area contributed by atoms with Crippen molar-refractivity contribution in [3.8, 4) is 5.75 Å². The number of para-hydroxylation sites is 1. The van der Waals surface area contributed by atoms with E-state index >= 15 is 0 Å². The zero-order valence-corrected chi connectivity index (χ0v) is 13.8. The Morgan fingerprint density at radius 1 is 1.25 bits per heavy atom. The van der Waals surface area contributed by atoms with Gasteiger partial charge in [0.05, 0.1) is 6.61 Å². The molecule has 1 aromatic heterocycles. The first-order chi connectivity index (χ1) is 11.6. The van der Waals surface area contributed by atoms with Crippen LogP contribution in [0.15, 0.2) is 47.3 Å². The molecule has 0 unspecified atom stereocenters. The van der Waals surface area contributed by atoms with Crippen LogP contribution in [0, 0.1) is 5.41 Å². The predicted octanol–water partition coefficient (Wildman–Crippen LogP) is 2.53. The van der Waals surface area contributed by atoms with Gasteiger partial charge >= 0.3 is 0 Å². The van der Waals surface area contributed by atoms with Crippen LogP contribution in [0.4, 0.5) is 0 Å². The first kappa shape index (κ1) is 16.3. The second kappa shape index (κ2) is 6.91. The van der Waals surface area contributed by atoms with Crippen molar-refractivity contribution in [2.24, 2.45) is 5.41 Å². The van der Waals surface area contributed by atoms with Gasteiger partial charge in [-0.3, -0.25) is 9.59 Å². The third kappa shape index (κ3) is 4.04. The highest BCUT2D eigenvalue weighted by molar-refractivity contribution is 5.94. The van der Waals surface area contributed by atoms with Gasteiger partial charge in [0.15, 0.2) is 0 Å². The van der Waals surface area contributed by atoms with Crippen LogP contribution in [0.2, 0.25) is 0 Å². The molecule has 5 nitrogen and oxygen atoms in total. The number of pyridine rings is 1. The standard InChI is InChI=1S/C19H22N2O3/c1-2-15-10-14(11-17(22)21-15)18(23)20-12-19(8-9-19)13-24-16-6-4-3-5-7-16/h3-7,10-11H,2,8-9,12-13H2,1H3,(H,20,23)(H,21,22). The lowest BCUT2D eigenvalue weighted by molar-refractivity contribution is 0.0937. The van der Waals surface area contributed by atoms with Crippen molar-refractivity contribution in [2.45, 2.75) is 26.2 Å². The van der Waals surface area contributed by atoms with Crippen LogP contribution < -0.4 is 15.6 Å². The van der Waals surface area contributed by atoms with Gasteiger partial charge in [-0.05, 0) is 37.5 Å². The molecule has 126 valence electrons. The summed E-state index contributed by atoms with van der Waals surface area (Å²) in [5.74, 6) is 0.638. The smallest absolute Gasteiger partial charge is 0.251 e. The Hall–Kier alpha value is -2.56. The van der Waals surface area contributed by atoms with Gasteiger partial charge in [-0.1, -0.05) is 25.1 Å². The highest BCUT2D eigenvalue weighted by Crippen LogP contribution is 2.45. The fourth-order valence-electron chi connectivity index (χ4n) is 2.59. The maximum absolute atomic E-state index is 12.3. The van der Waals surface area contributed by atoms with Crippen LogP contribution >= 0.6 is 0 Å². The summed E-state index contributed by atoms with van der Waals surface area (Å²) in [6.45, 7) is 3.09. The molecule has 0 radical (unpaired) electrons. The Kier molecular flexibility index (Phi) is 4.69. The average Bonchev–Trinajstić information content (AvgIpc) is 3.38. The maximum Gasteiger partial charge on any atom is 0.251 e. The quantitative estimate of drug-likeness (QED) is 0.821. The Labute approximate surface area is 141 Å². The maximum atomic E-state index is 12.3. The summed E-state index contributed by atoms with van der Waals surface area (Å²) < 4.78 is 5.82. The molecule has 2 N–H and O–H groups in total. The zero-order valence-electron chi connectivity index (χ0n) is 13.8. The van der Waals surface area contributed by atoms with E-state index in [-0.39, 0.29) is 16.9 Å². The number of ether oxygens (including phenoxy) is 1. The first-order valence-electron chi connectivity index (χ1n) is 8.29. The third-order valence-corrected chi connectivity index (χ3v) is 4.41. The van der Waals surface area contributed by atoms with Gasteiger partial charge in [-0.2, -0.15) is 0 Å². The molecule has 3 rings (SSSR count). The minimum Gasteiger partial charge on any atom is -0.493 e. The normalized spacial score (nSPS) is 14.9. The van der Waals surface area contributed by atoms with Gasteiger partial charge < -0.3 is 15.0 Å². The van der Waals surface area contributed by atoms with Gasteiger partial charge in [0.1, 0.15) is 5.75 Å². The van der Waals surface area contributed by atoms with E-state index in [0.717, 1.165) is 24.3 Å². The monoisotopic (exact) mass is 326 g/mol. The molecule has 1 heterocycles. The highest BCUT2D eigenvalue weighted by atomic mass is 16.5. The van der Waals surface area contributed by atoms with E-state index in [4.69, 9.17) is 4.74 Å². The van der Waals surface area contributed by atoms with Crippen molar-refractivity contribution in [3.63, 3.8) is 0 Å². The molecule has 1 fully saturated rings. The SMILES string of the molecule is CCc1cc(C(=O)NCC2(COc3ccccc3)CC2)cc(=O)[nH]1. The van der Waals surface area contributed by atoms with Crippen molar-refractivity contribution >= 4 is 5.91 Å². The summed E-state index contributed by atoms with van der Waals surface area (Å²) in [7, 11) is 0. The minimum absolute atomic E-state index is 0.0142. The Balaban J connectivity index is 1.56. The molecule has 1 saturated carbocycles. The number of carbonyl (C=O) groups excluding carboxylic acids is 1. The first-order valence-corrected chi connectivity index (χ1v) is 8.29. The van der Waals surface area contributed by atoms with E-state index in [1.54, 1.807) is 6.07 Å². The van der Waals surface area contributed by atoms with Gasteiger partial charge in [0.2, 0.25) is 5.56 Å². The van der Waals surface area contributed by atoms with E-state index in [2.05, 4.69) is 10.3 Å². The van der Waals surface area contributed by atoms with E-state index in [1.165, 1.54) is 6.07 Å². The molecule has 1 aliphatic carbocycles. The average molecular weight is 326 g/mol. The summed E-state index contributed by atoms with van der Waals surface area (Å²) in [6.07, 6.45) is 2.76. The number of rotatable bonds is 7. The molecule has 5 heteroatoms. The number of aryl methyl sites for hydroxylation is 1. The molecular weight excluding hydrogens is 304 g/mol. The van der Waals surface area contributed by atoms with Crippen LogP contribution in [0.25, 0.3) is 0 Å². The van der Waals surface area contributed by atoms with Gasteiger partial charge in [-0.15, -0.1) is 0 Å².